The Bertz CT molecular complexity index is 365. The smallest absolute Gasteiger partial charge is 0.193 e. The first-order valence-corrected chi connectivity index (χ1v) is 5.37. The fourth-order valence-corrected chi connectivity index (χ4v) is 1.68. The van der Waals surface area contributed by atoms with Gasteiger partial charge in [-0.2, -0.15) is 4.99 Å². The number of amidine groups is 1. The molecule has 0 atom stereocenters. The minimum Gasteiger partial charge on any atom is -0.370 e. The fraction of sp³-hybridized carbons (Fsp3) is 0.375. The van der Waals surface area contributed by atoms with Gasteiger partial charge in [0.1, 0.15) is 5.82 Å². The van der Waals surface area contributed by atoms with Gasteiger partial charge in [0, 0.05) is 24.7 Å². The summed E-state index contributed by atoms with van der Waals surface area (Å²) in [6.07, 6.45) is 3.65. The van der Waals surface area contributed by atoms with Crippen LogP contribution in [0.2, 0.25) is 0 Å². The van der Waals surface area contributed by atoms with Gasteiger partial charge in [0.2, 0.25) is 0 Å². The molecule has 1 rings (SSSR count). The second-order valence-corrected chi connectivity index (χ2v) is 3.94. The topological polar surface area (TPSA) is 106 Å². The molecule has 5 N–H and O–H groups in total. The Morgan fingerprint density at radius 1 is 1.67 bits per heavy atom. The van der Waals surface area contributed by atoms with Gasteiger partial charge in [0.15, 0.2) is 11.1 Å². The highest BCUT2D eigenvalue weighted by atomic mass is 32.2. The molecule has 1 heterocycles. The molecule has 0 radical (unpaired) electrons. The lowest BCUT2D eigenvalue weighted by Crippen LogP contribution is -2.23. The van der Waals surface area contributed by atoms with Gasteiger partial charge >= 0.3 is 0 Å². The number of hydrogen-bond donors (Lipinski definition) is 3. The van der Waals surface area contributed by atoms with Crippen molar-refractivity contribution in [1.29, 1.82) is 5.41 Å². The fourth-order valence-electron chi connectivity index (χ4n) is 1.03. The highest BCUT2D eigenvalue weighted by Crippen LogP contribution is 2.05. The van der Waals surface area contributed by atoms with Gasteiger partial charge in [0.25, 0.3) is 0 Å². The Morgan fingerprint density at radius 2 is 2.40 bits per heavy atom. The Balaban J connectivity index is 2.31. The van der Waals surface area contributed by atoms with Gasteiger partial charge in [-0.3, -0.25) is 5.41 Å². The maximum absolute atomic E-state index is 7.39. The Hall–Kier alpha value is -1.50. The van der Waals surface area contributed by atoms with Crippen molar-refractivity contribution in [3.05, 3.63) is 18.2 Å². The Kier molecular flexibility index (Phi) is 4.17. The Labute approximate surface area is 92.3 Å². The maximum Gasteiger partial charge on any atom is 0.193 e. The minimum atomic E-state index is -0.0775. The first-order chi connectivity index (χ1) is 7.09. The minimum absolute atomic E-state index is 0.0775. The van der Waals surface area contributed by atoms with Gasteiger partial charge in [-0.15, -0.1) is 0 Å². The van der Waals surface area contributed by atoms with Crippen LogP contribution in [0.4, 0.5) is 0 Å². The normalized spacial score (nSPS) is 9.93. The van der Waals surface area contributed by atoms with E-state index in [-0.39, 0.29) is 11.1 Å². The summed E-state index contributed by atoms with van der Waals surface area (Å²) >= 11 is 1.30. The number of nitrogens with one attached hydrogen (secondary N) is 1. The maximum atomic E-state index is 7.39. The molecule has 0 unspecified atom stereocenters. The second kappa shape index (κ2) is 5.40. The van der Waals surface area contributed by atoms with E-state index in [1.54, 1.807) is 6.20 Å². The van der Waals surface area contributed by atoms with Crippen LogP contribution in [0.5, 0.6) is 0 Å². The van der Waals surface area contributed by atoms with Crippen LogP contribution in [0.3, 0.4) is 0 Å². The number of guanidine groups is 1. The Morgan fingerprint density at radius 3 is 2.93 bits per heavy atom. The summed E-state index contributed by atoms with van der Waals surface area (Å²) in [5.74, 6) is 1.63. The second-order valence-electron chi connectivity index (χ2n) is 2.86. The largest absolute Gasteiger partial charge is 0.370 e. The van der Waals surface area contributed by atoms with Gasteiger partial charge < -0.3 is 16.0 Å². The highest BCUT2D eigenvalue weighted by Gasteiger charge is 1.99. The third-order valence-electron chi connectivity index (χ3n) is 1.73. The molecule has 7 heteroatoms. The van der Waals surface area contributed by atoms with Crippen molar-refractivity contribution in [2.24, 2.45) is 16.5 Å². The van der Waals surface area contributed by atoms with E-state index in [1.165, 1.54) is 11.8 Å². The number of imidazole rings is 1. The highest BCUT2D eigenvalue weighted by molar-refractivity contribution is 8.13. The first kappa shape index (κ1) is 11.6. The van der Waals surface area contributed by atoms with Gasteiger partial charge in [0.05, 0.1) is 0 Å². The summed E-state index contributed by atoms with van der Waals surface area (Å²) in [7, 11) is 0. The molecule has 0 fully saturated rings. The molecule has 6 nitrogen and oxygen atoms in total. The van der Waals surface area contributed by atoms with Gasteiger partial charge in [-0.25, -0.2) is 4.98 Å². The van der Waals surface area contributed by atoms with E-state index in [1.807, 2.05) is 17.7 Å². The molecule has 1 aromatic heterocycles. The van der Waals surface area contributed by atoms with Crippen molar-refractivity contribution in [3.63, 3.8) is 0 Å². The number of aromatic nitrogens is 2. The molecule has 0 aliphatic heterocycles. The zero-order valence-corrected chi connectivity index (χ0v) is 9.29. The van der Waals surface area contributed by atoms with E-state index in [9.17, 15) is 0 Å². The number of aliphatic imine (C=N–C) groups is 1. The van der Waals surface area contributed by atoms with Crippen LogP contribution < -0.4 is 11.5 Å². The number of aryl methyl sites for hydroxylation is 2. The molecule has 82 valence electrons. The van der Waals surface area contributed by atoms with Crippen molar-refractivity contribution in [3.8, 4) is 0 Å². The van der Waals surface area contributed by atoms with Crippen LogP contribution in [-0.4, -0.2) is 26.4 Å². The van der Waals surface area contributed by atoms with Crippen LogP contribution >= 0.6 is 11.8 Å². The third kappa shape index (κ3) is 4.03. The van der Waals surface area contributed by atoms with E-state index >= 15 is 0 Å². The van der Waals surface area contributed by atoms with Crippen molar-refractivity contribution >= 4 is 22.9 Å². The lowest BCUT2D eigenvalue weighted by Gasteiger charge is -2.03. The van der Waals surface area contributed by atoms with E-state index in [0.717, 1.165) is 18.1 Å². The van der Waals surface area contributed by atoms with E-state index in [4.69, 9.17) is 16.9 Å². The van der Waals surface area contributed by atoms with Crippen molar-refractivity contribution in [1.82, 2.24) is 9.55 Å². The van der Waals surface area contributed by atoms with Crippen molar-refractivity contribution < 1.29 is 0 Å². The summed E-state index contributed by atoms with van der Waals surface area (Å²) in [4.78, 5) is 7.71. The molecule has 15 heavy (non-hydrogen) atoms. The zero-order valence-electron chi connectivity index (χ0n) is 8.47. The lowest BCUT2D eigenvalue weighted by molar-refractivity contribution is 0.739. The van der Waals surface area contributed by atoms with E-state index in [0.29, 0.717) is 0 Å². The molecule has 0 bridgehead atoms. The lowest BCUT2D eigenvalue weighted by atomic mass is 10.6. The average Bonchev–Trinajstić information content (AvgIpc) is 2.50. The van der Waals surface area contributed by atoms with Gasteiger partial charge in [-0.05, 0) is 6.92 Å². The average molecular weight is 226 g/mol. The molecule has 0 saturated heterocycles. The van der Waals surface area contributed by atoms with Crippen molar-refractivity contribution in [2.45, 2.75) is 13.5 Å². The predicted octanol–water partition coefficient (Wildman–Crippen LogP) is 0.133. The van der Waals surface area contributed by atoms with Crippen molar-refractivity contribution in [2.75, 3.05) is 5.75 Å². The first-order valence-electron chi connectivity index (χ1n) is 4.38. The van der Waals surface area contributed by atoms with Crippen LogP contribution in [0.1, 0.15) is 5.82 Å². The summed E-state index contributed by atoms with van der Waals surface area (Å²) in [5.41, 5.74) is 10.3. The summed E-state index contributed by atoms with van der Waals surface area (Å²) in [5, 5.41) is 7.52. The number of nitrogens with zero attached hydrogens (tertiary/aromatic N) is 3. The summed E-state index contributed by atoms with van der Waals surface area (Å²) in [6.45, 7) is 2.73. The van der Waals surface area contributed by atoms with Gasteiger partial charge in [-0.1, -0.05) is 11.8 Å². The van der Waals surface area contributed by atoms with Crippen LogP contribution in [-0.2, 0) is 6.54 Å². The van der Waals surface area contributed by atoms with Crippen LogP contribution in [0, 0.1) is 12.3 Å². The molecule has 0 saturated carbocycles. The number of thioether (sulfide) groups is 1. The molecule has 0 spiro atoms. The predicted molar refractivity (Wildman–Crippen MR) is 63.0 cm³/mol. The summed E-state index contributed by atoms with van der Waals surface area (Å²) in [6, 6.07) is 0. The van der Waals surface area contributed by atoms with E-state index < -0.39 is 0 Å². The molecule has 0 amide bonds. The molecular weight excluding hydrogens is 212 g/mol. The zero-order chi connectivity index (χ0) is 11.3. The van der Waals surface area contributed by atoms with Crippen LogP contribution in [0.25, 0.3) is 0 Å². The molecule has 0 aliphatic carbocycles. The number of hydrogen-bond acceptors (Lipinski definition) is 3. The third-order valence-corrected chi connectivity index (χ3v) is 2.48. The van der Waals surface area contributed by atoms with Crippen LogP contribution in [0.15, 0.2) is 17.4 Å². The number of rotatable bonds is 3. The van der Waals surface area contributed by atoms with E-state index in [2.05, 4.69) is 9.98 Å². The molecule has 1 aromatic rings. The number of nitrogens with two attached hydrogens (primary N) is 2. The molecular formula is C8H14N6S. The molecule has 0 aliphatic rings. The molecule has 0 aromatic carbocycles. The summed E-state index contributed by atoms with van der Waals surface area (Å²) < 4.78 is 2.01. The monoisotopic (exact) mass is 226 g/mol. The SMILES string of the molecule is Cc1nccn1CCSC(=N)N=C(N)N. The quantitative estimate of drug-likeness (QED) is 0.503. The standard InChI is InChI=1S/C8H14N6S/c1-6-12-2-3-14(6)4-5-15-8(11)13-7(9)10/h2-3H,4-5H2,1H3,(H5,9,10,11,13).